The fourth-order valence-electron chi connectivity index (χ4n) is 2.26. The molecule has 0 aromatic carbocycles. The minimum absolute atomic E-state index is 0.0713. The zero-order valence-electron chi connectivity index (χ0n) is 13.6. The maximum Gasteiger partial charge on any atom is 0.343 e. The number of thiazole rings is 1. The van der Waals surface area contributed by atoms with Crippen LogP contribution in [0.4, 0.5) is 4.39 Å². The average Bonchev–Trinajstić information content (AvgIpc) is 2.89. The molecule has 0 fully saturated rings. The van der Waals surface area contributed by atoms with E-state index in [1.165, 1.54) is 22.1 Å². The van der Waals surface area contributed by atoms with Gasteiger partial charge in [-0.3, -0.25) is 9.36 Å². The fraction of sp³-hybridized carbons (Fsp3) is 0.250. The predicted octanol–water partition coefficient (Wildman–Crippen LogP) is 3.43. The topological polar surface area (TPSA) is 74.1 Å². The van der Waals surface area contributed by atoms with Gasteiger partial charge in [0.1, 0.15) is 5.56 Å². The third kappa shape index (κ3) is 3.03. The van der Waals surface area contributed by atoms with E-state index in [1.54, 1.807) is 6.92 Å². The van der Waals surface area contributed by atoms with E-state index < -0.39 is 17.2 Å². The Morgan fingerprint density at radius 2 is 2.12 bits per heavy atom. The van der Waals surface area contributed by atoms with Crippen molar-refractivity contribution in [2.45, 2.75) is 20.8 Å². The second kappa shape index (κ2) is 6.53. The van der Waals surface area contributed by atoms with E-state index in [4.69, 9.17) is 16.3 Å². The highest BCUT2D eigenvalue weighted by Gasteiger charge is 2.21. The van der Waals surface area contributed by atoms with Crippen molar-refractivity contribution in [2.75, 3.05) is 6.61 Å². The maximum atomic E-state index is 13.8. The molecule has 0 saturated heterocycles. The number of ether oxygens (including phenoxy) is 1. The van der Waals surface area contributed by atoms with E-state index in [0.29, 0.717) is 5.13 Å². The van der Waals surface area contributed by atoms with Gasteiger partial charge in [-0.1, -0.05) is 11.6 Å². The molecule has 0 spiro atoms. The van der Waals surface area contributed by atoms with Crippen molar-refractivity contribution in [1.29, 1.82) is 0 Å². The molecule has 0 aliphatic carbocycles. The number of hydrogen-bond donors (Lipinski definition) is 0. The summed E-state index contributed by atoms with van der Waals surface area (Å²) >= 11 is 7.13. The molecule has 6 nitrogen and oxygen atoms in total. The number of pyridine rings is 2. The summed E-state index contributed by atoms with van der Waals surface area (Å²) in [5.74, 6) is -1.63. The molecular formula is C16H13ClFN3O3S. The first-order valence-electron chi connectivity index (χ1n) is 7.36. The molecule has 0 radical (unpaired) electrons. The van der Waals surface area contributed by atoms with Gasteiger partial charge >= 0.3 is 5.97 Å². The zero-order valence-corrected chi connectivity index (χ0v) is 15.2. The number of fused-ring (bicyclic) bond motifs is 1. The van der Waals surface area contributed by atoms with E-state index in [1.807, 2.05) is 13.8 Å². The lowest BCUT2D eigenvalue weighted by Gasteiger charge is -2.10. The Morgan fingerprint density at radius 1 is 1.40 bits per heavy atom. The average molecular weight is 382 g/mol. The fourth-order valence-corrected chi connectivity index (χ4v) is 3.28. The molecule has 0 bridgehead atoms. The maximum absolute atomic E-state index is 13.8. The smallest absolute Gasteiger partial charge is 0.343 e. The van der Waals surface area contributed by atoms with Crippen molar-refractivity contribution in [3.05, 3.63) is 49.6 Å². The summed E-state index contributed by atoms with van der Waals surface area (Å²) < 4.78 is 20.2. The molecule has 3 rings (SSSR count). The molecular weight excluding hydrogens is 369 g/mol. The van der Waals surface area contributed by atoms with E-state index in [-0.39, 0.29) is 28.4 Å². The number of rotatable bonds is 3. The van der Waals surface area contributed by atoms with Gasteiger partial charge in [-0.25, -0.2) is 19.2 Å². The van der Waals surface area contributed by atoms with E-state index in [9.17, 15) is 14.0 Å². The Kier molecular flexibility index (Phi) is 4.57. The minimum atomic E-state index is -0.842. The molecule has 130 valence electrons. The first-order valence-corrected chi connectivity index (χ1v) is 8.55. The number of aryl methyl sites for hydroxylation is 2. The lowest BCUT2D eigenvalue weighted by Crippen LogP contribution is -2.21. The van der Waals surface area contributed by atoms with Crippen LogP contribution < -0.4 is 5.43 Å². The van der Waals surface area contributed by atoms with E-state index >= 15 is 0 Å². The number of carbonyl (C=O) groups excluding carboxylic acids is 1. The van der Waals surface area contributed by atoms with Crippen LogP contribution >= 0.6 is 22.9 Å². The first kappa shape index (κ1) is 17.5. The molecule has 9 heteroatoms. The molecule has 25 heavy (non-hydrogen) atoms. The van der Waals surface area contributed by atoms with E-state index in [0.717, 1.165) is 16.6 Å². The van der Waals surface area contributed by atoms with Crippen molar-refractivity contribution in [2.24, 2.45) is 0 Å². The summed E-state index contributed by atoms with van der Waals surface area (Å²) in [6, 6.07) is 0.972. The van der Waals surface area contributed by atoms with Gasteiger partial charge in [-0.15, -0.1) is 11.3 Å². The van der Waals surface area contributed by atoms with Crippen LogP contribution in [0, 0.1) is 19.7 Å². The highest BCUT2D eigenvalue weighted by molar-refractivity contribution is 7.14. The second-order valence-corrected chi connectivity index (χ2v) is 6.77. The summed E-state index contributed by atoms with van der Waals surface area (Å²) in [6.07, 6.45) is 1.31. The highest BCUT2D eigenvalue weighted by Crippen LogP contribution is 2.25. The quantitative estimate of drug-likeness (QED) is 0.513. The third-order valence-electron chi connectivity index (χ3n) is 3.61. The second-order valence-electron chi connectivity index (χ2n) is 5.23. The van der Waals surface area contributed by atoms with Crippen LogP contribution in [0.15, 0.2) is 17.1 Å². The zero-order chi connectivity index (χ0) is 18.3. The summed E-state index contributed by atoms with van der Waals surface area (Å²) in [5.41, 5.74) is 0.0390. The number of aromatic nitrogens is 3. The molecule has 0 saturated carbocycles. The largest absolute Gasteiger partial charge is 0.462 e. The number of hydrogen-bond acceptors (Lipinski definition) is 6. The van der Waals surface area contributed by atoms with Gasteiger partial charge < -0.3 is 4.74 Å². The van der Waals surface area contributed by atoms with Crippen molar-refractivity contribution in [3.63, 3.8) is 0 Å². The SMILES string of the molecule is CCOC(=O)c1cn(-c2nc(C)c(C)s2)c2nc(Cl)c(F)cc2c1=O. The molecule has 3 aromatic heterocycles. The first-order chi connectivity index (χ1) is 11.8. The Labute approximate surface area is 150 Å². The van der Waals surface area contributed by atoms with Crippen LogP contribution in [-0.4, -0.2) is 27.1 Å². The number of carbonyl (C=O) groups is 1. The van der Waals surface area contributed by atoms with Crippen LogP contribution in [0.2, 0.25) is 5.15 Å². The van der Waals surface area contributed by atoms with Crippen LogP contribution in [0.5, 0.6) is 0 Å². The molecule has 3 aromatic rings. The Bertz CT molecular complexity index is 1040. The lowest BCUT2D eigenvalue weighted by atomic mass is 10.2. The summed E-state index contributed by atoms with van der Waals surface area (Å²) in [5, 5.41) is 0.0493. The van der Waals surface area contributed by atoms with Crippen molar-refractivity contribution < 1.29 is 13.9 Å². The molecule has 0 aliphatic rings. The molecule has 0 atom stereocenters. The van der Waals surface area contributed by atoms with Gasteiger partial charge in [-0.2, -0.15) is 0 Å². The summed E-state index contributed by atoms with van der Waals surface area (Å²) in [4.78, 5) is 34.0. The van der Waals surface area contributed by atoms with Gasteiger partial charge in [0.05, 0.1) is 17.7 Å². The number of esters is 1. The van der Waals surface area contributed by atoms with Crippen molar-refractivity contribution >= 4 is 39.9 Å². The Hall–Kier alpha value is -2.32. The third-order valence-corrected chi connectivity index (χ3v) is 4.94. The van der Waals surface area contributed by atoms with Gasteiger partial charge in [0.25, 0.3) is 0 Å². The molecule has 0 unspecified atom stereocenters. The Balaban J connectivity index is 2.41. The predicted molar refractivity (Wildman–Crippen MR) is 93.4 cm³/mol. The van der Waals surface area contributed by atoms with Gasteiger partial charge in [0, 0.05) is 11.1 Å². The number of halogens is 2. The van der Waals surface area contributed by atoms with Crippen LogP contribution in [-0.2, 0) is 4.74 Å². The monoisotopic (exact) mass is 381 g/mol. The van der Waals surface area contributed by atoms with Gasteiger partial charge in [-0.05, 0) is 26.8 Å². The highest BCUT2D eigenvalue weighted by atomic mass is 35.5. The summed E-state index contributed by atoms with van der Waals surface area (Å²) in [6.45, 7) is 5.48. The lowest BCUT2D eigenvalue weighted by molar-refractivity contribution is 0.0524. The van der Waals surface area contributed by atoms with Crippen LogP contribution in [0.25, 0.3) is 16.2 Å². The molecule has 0 amide bonds. The Morgan fingerprint density at radius 3 is 2.72 bits per heavy atom. The standard InChI is InChI=1S/C16H13ClFN3O3S/c1-4-24-15(23)10-6-21(16-19-7(2)8(3)25-16)14-9(12(10)22)5-11(18)13(17)20-14/h5-6H,4H2,1-3H3. The van der Waals surface area contributed by atoms with Gasteiger partial charge in [0.2, 0.25) is 5.43 Å². The molecule has 0 N–H and O–H groups in total. The van der Waals surface area contributed by atoms with Gasteiger partial charge in [0.15, 0.2) is 21.7 Å². The van der Waals surface area contributed by atoms with Crippen molar-refractivity contribution in [1.82, 2.24) is 14.5 Å². The minimum Gasteiger partial charge on any atom is -0.462 e. The molecule has 3 heterocycles. The van der Waals surface area contributed by atoms with Crippen LogP contribution in [0.1, 0.15) is 27.9 Å². The normalized spacial score (nSPS) is 11.1. The van der Waals surface area contributed by atoms with E-state index in [2.05, 4.69) is 9.97 Å². The van der Waals surface area contributed by atoms with Crippen LogP contribution in [0.3, 0.4) is 0 Å². The molecule has 0 aliphatic heterocycles. The summed E-state index contributed by atoms with van der Waals surface area (Å²) in [7, 11) is 0. The number of nitrogens with zero attached hydrogens (tertiary/aromatic N) is 3. The van der Waals surface area contributed by atoms with Crippen molar-refractivity contribution in [3.8, 4) is 5.13 Å².